The largest absolute Gasteiger partial charge is 0.491 e. The van der Waals surface area contributed by atoms with E-state index in [1.165, 1.54) is 0 Å². The van der Waals surface area contributed by atoms with E-state index in [-0.39, 0.29) is 11.9 Å². The lowest BCUT2D eigenvalue weighted by Gasteiger charge is -2.09. The summed E-state index contributed by atoms with van der Waals surface area (Å²) < 4.78 is 5.51. The van der Waals surface area contributed by atoms with Crippen molar-refractivity contribution in [2.45, 2.75) is 20.0 Å². The van der Waals surface area contributed by atoms with Gasteiger partial charge in [0.2, 0.25) is 0 Å². The third kappa shape index (κ3) is 4.83. The Morgan fingerprint density at radius 1 is 1.41 bits per heavy atom. The monoisotopic (exact) mass is 233 g/mol. The number of rotatable bonds is 7. The van der Waals surface area contributed by atoms with E-state index in [2.05, 4.69) is 11.9 Å². The van der Waals surface area contributed by atoms with Gasteiger partial charge in [-0.05, 0) is 38.1 Å². The third-order valence-electron chi connectivity index (χ3n) is 2.12. The second-order valence-electron chi connectivity index (χ2n) is 4.03. The van der Waals surface area contributed by atoms with Crippen molar-refractivity contribution in [1.29, 1.82) is 0 Å². The first-order valence-electron chi connectivity index (χ1n) is 5.75. The summed E-state index contributed by atoms with van der Waals surface area (Å²) in [5.74, 6) is 0.860. The Kier molecular flexibility index (Phi) is 5.43. The van der Waals surface area contributed by atoms with E-state index >= 15 is 0 Å². The fraction of sp³-hybridized carbons (Fsp3) is 0.357. The van der Waals surface area contributed by atoms with E-state index in [1.807, 2.05) is 26.0 Å². The number of hydrogen-bond acceptors (Lipinski definition) is 3. The maximum Gasteiger partial charge on any atom is 0.176 e. The lowest BCUT2D eigenvalue weighted by Crippen LogP contribution is -2.22. The van der Waals surface area contributed by atoms with Gasteiger partial charge in [0, 0.05) is 12.1 Å². The van der Waals surface area contributed by atoms with Crippen molar-refractivity contribution < 1.29 is 9.53 Å². The first-order valence-corrected chi connectivity index (χ1v) is 5.75. The van der Waals surface area contributed by atoms with Crippen LogP contribution in [0.5, 0.6) is 5.75 Å². The molecule has 0 heterocycles. The molecule has 0 radical (unpaired) electrons. The minimum absolute atomic E-state index is 0.0722. The highest BCUT2D eigenvalue weighted by molar-refractivity contribution is 5.97. The maximum absolute atomic E-state index is 11.7. The van der Waals surface area contributed by atoms with Crippen LogP contribution >= 0.6 is 0 Å². The lowest BCUT2D eigenvalue weighted by atomic mass is 10.1. The first-order chi connectivity index (χ1) is 8.13. The highest BCUT2D eigenvalue weighted by Crippen LogP contribution is 2.13. The molecular formula is C14H19NO2. The molecule has 17 heavy (non-hydrogen) atoms. The van der Waals surface area contributed by atoms with Gasteiger partial charge in [-0.1, -0.05) is 6.08 Å². The van der Waals surface area contributed by atoms with Crippen LogP contribution < -0.4 is 10.1 Å². The van der Waals surface area contributed by atoms with Crippen LogP contribution in [0, 0.1) is 0 Å². The van der Waals surface area contributed by atoms with Gasteiger partial charge in [-0.15, -0.1) is 6.58 Å². The molecule has 0 atom stereocenters. The lowest BCUT2D eigenvalue weighted by molar-refractivity contribution is 0.0992. The molecule has 0 unspecified atom stereocenters. The summed E-state index contributed by atoms with van der Waals surface area (Å²) >= 11 is 0. The van der Waals surface area contributed by atoms with Crippen molar-refractivity contribution in [2.24, 2.45) is 0 Å². The second kappa shape index (κ2) is 6.86. The molecular weight excluding hydrogens is 214 g/mol. The average molecular weight is 233 g/mol. The molecule has 3 heteroatoms. The second-order valence-corrected chi connectivity index (χ2v) is 4.03. The fourth-order valence-corrected chi connectivity index (χ4v) is 1.38. The maximum atomic E-state index is 11.7. The third-order valence-corrected chi connectivity index (χ3v) is 2.12. The zero-order chi connectivity index (χ0) is 12.7. The van der Waals surface area contributed by atoms with Crippen molar-refractivity contribution in [3.8, 4) is 5.75 Å². The summed E-state index contributed by atoms with van der Waals surface area (Å²) in [4.78, 5) is 11.7. The quantitative estimate of drug-likeness (QED) is 0.446. The zero-order valence-corrected chi connectivity index (χ0v) is 10.4. The molecule has 0 amide bonds. The molecule has 0 aliphatic rings. The van der Waals surface area contributed by atoms with Crippen LogP contribution in [0.4, 0.5) is 0 Å². The van der Waals surface area contributed by atoms with Gasteiger partial charge in [0.1, 0.15) is 5.75 Å². The van der Waals surface area contributed by atoms with Crippen molar-refractivity contribution in [3.05, 3.63) is 42.5 Å². The van der Waals surface area contributed by atoms with Crippen LogP contribution in [0.2, 0.25) is 0 Å². The molecule has 0 fully saturated rings. The van der Waals surface area contributed by atoms with Crippen LogP contribution in [0.25, 0.3) is 0 Å². The predicted octanol–water partition coefficient (Wildman–Crippen LogP) is 2.43. The number of ketones is 1. The van der Waals surface area contributed by atoms with Crippen molar-refractivity contribution in [2.75, 3.05) is 13.1 Å². The summed E-state index contributed by atoms with van der Waals surface area (Å²) in [6, 6.07) is 7.22. The molecule has 0 aliphatic carbocycles. The Hall–Kier alpha value is -1.61. The molecule has 1 aromatic carbocycles. The molecule has 0 saturated carbocycles. The van der Waals surface area contributed by atoms with Crippen molar-refractivity contribution in [1.82, 2.24) is 5.32 Å². The average Bonchev–Trinajstić information content (AvgIpc) is 2.29. The van der Waals surface area contributed by atoms with Gasteiger partial charge in [0.25, 0.3) is 0 Å². The zero-order valence-electron chi connectivity index (χ0n) is 10.4. The van der Waals surface area contributed by atoms with Crippen molar-refractivity contribution in [3.63, 3.8) is 0 Å². The minimum atomic E-state index is 0.0722. The number of hydrogen-bond donors (Lipinski definition) is 1. The van der Waals surface area contributed by atoms with Crippen molar-refractivity contribution >= 4 is 5.78 Å². The molecule has 1 rings (SSSR count). The number of carbonyl (C=O) groups is 1. The molecule has 3 nitrogen and oxygen atoms in total. The smallest absolute Gasteiger partial charge is 0.176 e. The number of nitrogens with one attached hydrogen (secondary N) is 1. The van der Waals surface area contributed by atoms with E-state index in [0.717, 1.165) is 5.75 Å². The number of carbonyl (C=O) groups excluding carboxylic acids is 1. The normalized spacial score (nSPS) is 10.3. The highest BCUT2D eigenvalue weighted by atomic mass is 16.5. The van der Waals surface area contributed by atoms with E-state index in [9.17, 15) is 4.79 Å². The minimum Gasteiger partial charge on any atom is -0.491 e. The molecule has 92 valence electrons. The Labute approximate surface area is 102 Å². The molecule has 0 saturated heterocycles. The SMILES string of the molecule is C=CCNCC(=O)c1ccc(OC(C)C)cc1. The molecule has 0 bridgehead atoms. The van der Waals surface area contributed by atoms with Gasteiger partial charge in [-0.2, -0.15) is 0 Å². The van der Waals surface area contributed by atoms with Crippen LogP contribution in [-0.2, 0) is 0 Å². The highest BCUT2D eigenvalue weighted by Gasteiger charge is 2.05. The summed E-state index contributed by atoms with van der Waals surface area (Å²) in [5.41, 5.74) is 0.692. The Morgan fingerprint density at radius 2 is 2.06 bits per heavy atom. The van der Waals surface area contributed by atoms with E-state index < -0.39 is 0 Å². The summed E-state index contributed by atoms with van der Waals surface area (Å²) in [6.07, 6.45) is 1.87. The summed E-state index contributed by atoms with van der Waals surface area (Å²) in [5, 5.41) is 2.98. The number of Topliss-reactive ketones (excluding diaryl/α,β-unsaturated/α-hetero) is 1. The van der Waals surface area contributed by atoms with E-state index in [0.29, 0.717) is 18.7 Å². The molecule has 0 spiro atoms. The number of ether oxygens (including phenoxy) is 1. The summed E-state index contributed by atoms with van der Waals surface area (Å²) in [6.45, 7) is 8.49. The summed E-state index contributed by atoms with van der Waals surface area (Å²) in [7, 11) is 0. The van der Waals surface area contributed by atoms with Gasteiger partial charge >= 0.3 is 0 Å². The van der Waals surface area contributed by atoms with Gasteiger partial charge in [-0.3, -0.25) is 4.79 Å². The van der Waals surface area contributed by atoms with E-state index in [4.69, 9.17) is 4.74 Å². The number of benzene rings is 1. The first kappa shape index (κ1) is 13.5. The molecule has 0 aliphatic heterocycles. The Balaban J connectivity index is 2.54. The standard InChI is InChI=1S/C14H19NO2/c1-4-9-15-10-14(16)12-5-7-13(8-6-12)17-11(2)3/h4-8,11,15H,1,9-10H2,2-3H3. The fourth-order valence-electron chi connectivity index (χ4n) is 1.38. The molecule has 1 N–H and O–H groups in total. The van der Waals surface area contributed by atoms with Crippen LogP contribution in [-0.4, -0.2) is 25.0 Å². The molecule has 0 aromatic heterocycles. The molecule has 1 aromatic rings. The van der Waals surface area contributed by atoms with Gasteiger partial charge in [0.05, 0.1) is 12.6 Å². The van der Waals surface area contributed by atoms with Gasteiger partial charge < -0.3 is 10.1 Å². The Bertz CT molecular complexity index is 368. The van der Waals surface area contributed by atoms with Gasteiger partial charge in [-0.25, -0.2) is 0 Å². The van der Waals surface area contributed by atoms with Crippen LogP contribution in [0.3, 0.4) is 0 Å². The van der Waals surface area contributed by atoms with Crippen LogP contribution in [0.15, 0.2) is 36.9 Å². The van der Waals surface area contributed by atoms with Crippen LogP contribution in [0.1, 0.15) is 24.2 Å². The van der Waals surface area contributed by atoms with E-state index in [1.54, 1.807) is 18.2 Å². The topological polar surface area (TPSA) is 38.3 Å². The Morgan fingerprint density at radius 3 is 2.59 bits per heavy atom. The predicted molar refractivity (Wildman–Crippen MR) is 69.6 cm³/mol. The van der Waals surface area contributed by atoms with Gasteiger partial charge in [0.15, 0.2) is 5.78 Å².